The van der Waals surface area contributed by atoms with Gasteiger partial charge in [-0.3, -0.25) is 14.2 Å². The van der Waals surface area contributed by atoms with Crippen molar-refractivity contribution in [1.29, 1.82) is 0 Å². The summed E-state index contributed by atoms with van der Waals surface area (Å²) in [4.78, 5) is 29.6. The Morgan fingerprint density at radius 2 is 1.96 bits per heavy atom. The molecule has 1 heterocycles. The maximum atomic E-state index is 13.2. The van der Waals surface area contributed by atoms with E-state index in [-0.39, 0.29) is 17.3 Å². The van der Waals surface area contributed by atoms with Gasteiger partial charge in [-0.05, 0) is 50.1 Å². The summed E-state index contributed by atoms with van der Waals surface area (Å²) < 4.78 is 6.59. The predicted octanol–water partition coefficient (Wildman–Crippen LogP) is 3.66. The van der Waals surface area contributed by atoms with Gasteiger partial charge in [0.25, 0.3) is 5.56 Å². The highest BCUT2D eigenvalue weighted by Crippen LogP contribution is 2.24. The first-order valence-corrected chi connectivity index (χ1v) is 9.37. The van der Waals surface area contributed by atoms with Crippen LogP contribution in [0.4, 0.5) is 0 Å². The van der Waals surface area contributed by atoms with Crippen molar-refractivity contribution in [2.75, 3.05) is 12.4 Å². The van der Waals surface area contributed by atoms with Crippen molar-refractivity contribution in [3.8, 4) is 5.69 Å². The Hall–Kier alpha value is -2.60. The second kappa shape index (κ2) is 7.74. The van der Waals surface area contributed by atoms with Crippen LogP contribution < -0.4 is 5.56 Å². The van der Waals surface area contributed by atoms with E-state index < -0.39 is 0 Å². The third-order valence-electron chi connectivity index (χ3n) is 3.97. The van der Waals surface area contributed by atoms with Crippen molar-refractivity contribution in [2.24, 2.45) is 0 Å². The molecule has 26 heavy (non-hydrogen) atoms. The Bertz CT molecular complexity index is 1030. The molecular formula is C20H20N2O3S. The molecule has 0 unspecified atom stereocenters. The molecule has 0 aliphatic heterocycles. The molecule has 0 aliphatic carbocycles. The van der Waals surface area contributed by atoms with Gasteiger partial charge >= 0.3 is 5.97 Å². The van der Waals surface area contributed by atoms with Crippen LogP contribution in [0.25, 0.3) is 16.6 Å². The summed E-state index contributed by atoms with van der Waals surface area (Å²) in [6.45, 7) is 6.03. The van der Waals surface area contributed by atoms with Crippen LogP contribution >= 0.6 is 11.8 Å². The fourth-order valence-corrected chi connectivity index (χ4v) is 3.51. The molecule has 0 N–H and O–H groups in total. The number of benzene rings is 2. The van der Waals surface area contributed by atoms with E-state index >= 15 is 0 Å². The van der Waals surface area contributed by atoms with E-state index in [2.05, 4.69) is 4.98 Å². The van der Waals surface area contributed by atoms with Crippen molar-refractivity contribution in [1.82, 2.24) is 9.55 Å². The number of carbonyl (C=O) groups is 1. The minimum atomic E-state index is -0.326. The first kappa shape index (κ1) is 18.2. The normalized spacial score (nSPS) is 10.9. The van der Waals surface area contributed by atoms with E-state index in [1.165, 1.54) is 11.8 Å². The number of aryl methyl sites for hydroxylation is 2. The summed E-state index contributed by atoms with van der Waals surface area (Å²) in [5, 5.41) is 1.03. The molecule has 5 nitrogen and oxygen atoms in total. The van der Waals surface area contributed by atoms with Crippen molar-refractivity contribution in [3.63, 3.8) is 0 Å². The number of fused-ring (bicyclic) bond motifs is 1. The average Bonchev–Trinajstić information content (AvgIpc) is 2.63. The molecule has 134 valence electrons. The van der Waals surface area contributed by atoms with Crippen LogP contribution in [-0.4, -0.2) is 27.9 Å². The van der Waals surface area contributed by atoms with Crippen LogP contribution in [0.3, 0.4) is 0 Å². The number of hydrogen-bond acceptors (Lipinski definition) is 5. The molecule has 3 aromatic rings. The second-order valence-corrected chi connectivity index (χ2v) is 6.88. The van der Waals surface area contributed by atoms with Gasteiger partial charge in [-0.2, -0.15) is 0 Å². The van der Waals surface area contributed by atoms with Crippen LogP contribution in [-0.2, 0) is 9.53 Å². The number of thioether (sulfide) groups is 1. The molecule has 1 aromatic heterocycles. The van der Waals surface area contributed by atoms with Crippen LogP contribution in [0.5, 0.6) is 0 Å². The number of hydrogen-bond donors (Lipinski definition) is 0. The summed E-state index contributed by atoms with van der Waals surface area (Å²) in [6.07, 6.45) is 0. The summed E-state index contributed by atoms with van der Waals surface area (Å²) in [5.41, 5.74) is 3.26. The number of carbonyl (C=O) groups excluding carboxylic acids is 1. The largest absolute Gasteiger partial charge is 0.465 e. The Kier molecular flexibility index (Phi) is 5.42. The minimum Gasteiger partial charge on any atom is -0.465 e. The van der Waals surface area contributed by atoms with Crippen molar-refractivity contribution in [3.05, 3.63) is 63.9 Å². The first-order valence-electron chi connectivity index (χ1n) is 8.39. The Labute approximate surface area is 156 Å². The van der Waals surface area contributed by atoms with E-state index in [1.807, 2.05) is 44.2 Å². The molecular weight excluding hydrogens is 348 g/mol. The minimum absolute atomic E-state index is 0.101. The number of aromatic nitrogens is 2. The summed E-state index contributed by atoms with van der Waals surface area (Å²) >= 11 is 1.21. The number of esters is 1. The van der Waals surface area contributed by atoms with E-state index in [0.29, 0.717) is 22.7 Å². The van der Waals surface area contributed by atoms with Crippen LogP contribution in [0.15, 0.2) is 52.4 Å². The lowest BCUT2D eigenvalue weighted by Crippen LogP contribution is -2.23. The smallest absolute Gasteiger partial charge is 0.316 e. The summed E-state index contributed by atoms with van der Waals surface area (Å²) in [6, 6.07) is 13.2. The molecule has 2 aromatic carbocycles. The van der Waals surface area contributed by atoms with Gasteiger partial charge in [-0.15, -0.1) is 0 Å². The lowest BCUT2D eigenvalue weighted by atomic mass is 10.1. The van der Waals surface area contributed by atoms with Crippen molar-refractivity contribution in [2.45, 2.75) is 25.9 Å². The zero-order valence-electron chi connectivity index (χ0n) is 15.0. The highest BCUT2D eigenvalue weighted by molar-refractivity contribution is 7.99. The van der Waals surface area contributed by atoms with Gasteiger partial charge < -0.3 is 4.74 Å². The van der Waals surface area contributed by atoms with Gasteiger partial charge in [-0.25, -0.2) is 4.98 Å². The quantitative estimate of drug-likeness (QED) is 0.391. The maximum absolute atomic E-state index is 13.2. The second-order valence-electron chi connectivity index (χ2n) is 5.94. The molecule has 6 heteroatoms. The molecule has 0 bridgehead atoms. The molecule has 0 amide bonds. The highest BCUT2D eigenvalue weighted by Gasteiger charge is 2.16. The van der Waals surface area contributed by atoms with E-state index in [0.717, 1.165) is 16.8 Å². The fourth-order valence-electron chi connectivity index (χ4n) is 2.71. The standard InChI is InChI=1S/C20H20N2O3S/c1-4-25-18(23)12-26-20-21-16-8-6-5-7-15(16)19(24)22(20)17-11-13(2)9-10-14(17)3/h5-11H,4,12H2,1-3H3. The van der Waals surface area contributed by atoms with E-state index in [1.54, 1.807) is 23.6 Å². The van der Waals surface area contributed by atoms with Crippen LogP contribution in [0, 0.1) is 13.8 Å². The SMILES string of the molecule is CCOC(=O)CSc1nc2ccccc2c(=O)n1-c1cc(C)ccc1C. The molecule has 0 spiro atoms. The number of ether oxygens (including phenoxy) is 1. The van der Waals surface area contributed by atoms with Gasteiger partial charge in [0.15, 0.2) is 5.16 Å². The van der Waals surface area contributed by atoms with Gasteiger partial charge in [0.05, 0.1) is 29.0 Å². The Morgan fingerprint density at radius 1 is 1.19 bits per heavy atom. The summed E-state index contributed by atoms with van der Waals surface area (Å²) in [5.74, 6) is -0.226. The predicted molar refractivity (Wildman–Crippen MR) is 104 cm³/mol. The maximum Gasteiger partial charge on any atom is 0.316 e. The molecule has 0 radical (unpaired) electrons. The lowest BCUT2D eigenvalue weighted by molar-refractivity contribution is -0.139. The van der Waals surface area contributed by atoms with Gasteiger partial charge in [0.1, 0.15) is 0 Å². The van der Waals surface area contributed by atoms with E-state index in [9.17, 15) is 9.59 Å². The number of rotatable bonds is 5. The third-order valence-corrected chi connectivity index (χ3v) is 4.89. The van der Waals surface area contributed by atoms with Crippen molar-refractivity contribution >= 4 is 28.6 Å². The topological polar surface area (TPSA) is 61.2 Å². The highest BCUT2D eigenvalue weighted by atomic mass is 32.2. The molecule has 0 atom stereocenters. The lowest BCUT2D eigenvalue weighted by Gasteiger charge is -2.15. The molecule has 3 rings (SSSR count). The zero-order valence-corrected chi connectivity index (χ0v) is 15.8. The number of para-hydroxylation sites is 1. The monoisotopic (exact) mass is 368 g/mol. The Balaban J connectivity index is 2.19. The average molecular weight is 368 g/mol. The molecule has 0 saturated heterocycles. The van der Waals surface area contributed by atoms with Crippen molar-refractivity contribution < 1.29 is 9.53 Å². The van der Waals surface area contributed by atoms with E-state index in [4.69, 9.17) is 4.74 Å². The third kappa shape index (κ3) is 3.65. The zero-order chi connectivity index (χ0) is 18.7. The molecule has 0 aliphatic rings. The summed E-state index contributed by atoms with van der Waals surface area (Å²) in [7, 11) is 0. The first-order chi connectivity index (χ1) is 12.5. The van der Waals surface area contributed by atoms with Crippen LogP contribution in [0.2, 0.25) is 0 Å². The van der Waals surface area contributed by atoms with Gasteiger partial charge in [0.2, 0.25) is 0 Å². The van der Waals surface area contributed by atoms with Gasteiger partial charge in [0, 0.05) is 0 Å². The molecule has 0 saturated carbocycles. The van der Waals surface area contributed by atoms with Crippen LogP contribution in [0.1, 0.15) is 18.1 Å². The Morgan fingerprint density at radius 3 is 2.73 bits per heavy atom. The fraction of sp³-hybridized carbons (Fsp3) is 0.250. The molecule has 0 fully saturated rings. The number of nitrogens with zero attached hydrogens (tertiary/aromatic N) is 2. The van der Waals surface area contributed by atoms with Gasteiger partial charge in [-0.1, -0.05) is 36.0 Å².